The van der Waals surface area contributed by atoms with Crippen LogP contribution in [0.15, 0.2) is 35.8 Å². The van der Waals surface area contributed by atoms with Crippen LogP contribution in [0.2, 0.25) is 0 Å². The van der Waals surface area contributed by atoms with Crippen molar-refractivity contribution < 1.29 is 4.74 Å². The van der Waals surface area contributed by atoms with E-state index >= 15 is 0 Å². The minimum absolute atomic E-state index is 0.413. The summed E-state index contributed by atoms with van der Waals surface area (Å²) < 4.78 is 5.50. The van der Waals surface area contributed by atoms with Crippen molar-refractivity contribution in [1.29, 1.82) is 5.26 Å². The van der Waals surface area contributed by atoms with E-state index in [2.05, 4.69) is 11.1 Å². The Kier molecular flexibility index (Phi) is 2.96. The van der Waals surface area contributed by atoms with Crippen LogP contribution in [-0.4, -0.2) is 4.98 Å². The highest BCUT2D eigenvalue weighted by Crippen LogP contribution is 2.18. The van der Waals surface area contributed by atoms with Crippen LogP contribution < -0.4 is 4.74 Å². The largest absolute Gasteiger partial charge is 0.485 e. The van der Waals surface area contributed by atoms with E-state index in [4.69, 9.17) is 10.00 Å². The fraction of sp³-hybridized carbons (Fsp3) is 0.0909. The van der Waals surface area contributed by atoms with Gasteiger partial charge in [-0.2, -0.15) is 5.26 Å². The van der Waals surface area contributed by atoms with E-state index in [9.17, 15) is 0 Å². The number of aromatic nitrogens is 1. The standard InChI is InChI=1S/C11H8N2OS/c12-7-9-3-1-2-4-10(9)14-8-11-13-5-6-15-11/h1-6H,8H2. The summed E-state index contributed by atoms with van der Waals surface area (Å²) in [7, 11) is 0. The van der Waals surface area contributed by atoms with E-state index in [1.54, 1.807) is 18.3 Å². The Labute approximate surface area is 91.6 Å². The van der Waals surface area contributed by atoms with Gasteiger partial charge in [0.15, 0.2) is 0 Å². The van der Waals surface area contributed by atoms with Gasteiger partial charge in [-0.1, -0.05) is 12.1 Å². The molecule has 3 nitrogen and oxygen atoms in total. The molecule has 1 aromatic heterocycles. The van der Waals surface area contributed by atoms with Gasteiger partial charge in [0.05, 0.1) is 5.56 Å². The van der Waals surface area contributed by atoms with Crippen molar-refractivity contribution in [2.45, 2.75) is 6.61 Å². The fourth-order valence-corrected chi connectivity index (χ4v) is 1.68. The Morgan fingerprint density at radius 1 is 1.40 bits per heavy atom. The third kappa shape index (κ3) is 2.33. The number of hydrogen-bond acceptors (Lipinski definition) is 4. The highest BCUT2D eigenvalue weighted by molar-refractivity contribution is 7.09. The van der Waals surface area contributed by atoms with Crippen molar-refractivity contribution in [3.63, 3.8) is 0 Å². The molecule has 4 heteroatoms. The highest BCUT2D eigenvalue weighted by Gasteiger charge is 2.02. The molecule has 2 rings (SSSR count). The molecule has 0 saturated heterocycles. The van der Waals surface area contributed by atoms with Crippen LogP contribution in [0.25, 0.3) is 0 Å². The molecule has 0 atom stereocenters. The van der Waals surface area contributed by atoms with Gasteiger partial charge in [0.1, 0.15) is 23.4 Å². The van der Waals surface area contributed by atoms with Crippen LogP contribution in [0.1, 0.15) is 10.6 Å². The predicted molar refractivity (Wildman–Crippen MR) is 57.6 cm³/mol. The summed E-state index contributed by atoms with van der Waals surface area (Å²) in [6.07, 6.45) is 1.74. The first kappa shape index (κ1) is 9.69. The number of nitriles is 1. The summed E-state index contributed by atoms with van der Waals surface area (Å²) in [5, 5.41) is 11.6. The topological polar surface area (TPSA) is 45.9 Å². The monoisotopic (exact) mass is 216 g/mol. The van der Waals surface area contributed by atoms with Crippen LogP contribution >= 0.6 is 11.3 Å². The van der Waals surface area contributed by atoms with E-state index in [0.29, 0.717) is 17.9 Å². The zero-order chi connectivity index (χ0) is 10.5. The Morgan fingerprint density at radius 2 is 2.27 bits per heavy atom. The normalized spacial score (nSPS) is 9.53. The summed E-state index contributed by atoms with van der Waals surface area (Å²) in [5.41, 5.74) is 0.550. The van der Waals surface area contributed by atoms with Crippen LogP contribution in [-0.2, 0) is 6.61 Å². The molecule has 0 fully saturated rings. The molecule has 0 aliphatic heterocycles. The Bertz CT molecular complexity index is 474. The molecule has 1 heterocycles. The lowest BCUT2D eigenvalue weighted by molar-refractivity contribution is 0.304. The molecule has 0 aliphatic carbocycles. The lowest BCUT2D eigenvalue weighted by atomic mass is 10.2. The van der Waals surface area contributed by atoms with Crippen molar-refractivity contribution in [3.05, 3.63) is 46.4 Å². The second kappa shape index (κ2) is 4.58. The van der Waals surface area contributed by atoms with Gasteiger partial charge in [0.25, 0.3) is 0 Å². The summed E-state index contributed by atoms with van der Waals surface area (Å²) in [5.74, 6) is 0.607. The average Bonchev–Trinajstić information content (AvgIpc) is 2.79. The van der Waals surface area contributed by atoms with E-state index in [1.165, 1.54) is 11.3 Å². The fourth-order valence-electron chi connectivity index (χ4n) is 1.15. The maximum absolute atomic E-state index is 8.83. The minimum atomic E-state index is 0.413. The van der Waals surface area contributed by atoms with Crippen molar-refractivity contribution in [2.24, 2.45) is 0 Å². The van der Waals surface area contributed by atoms with Gasteiger partial charge in [0, 0.05) is 11.6 Å². The van der Waals surface area contributed by atoms with Crippen LogP contribution in [0.5, 0.6) is 5.75 Å². The van der Waals surface area contributed by atoms with Gasteiger partial charge >= 0.3 is 0 Å². The molecule has 1 aromatic carbocycles. The van der Waals surface area contributed by atoms with E-state index in [0.717, 1.165) is 5.01 Å². The molecule has 0 N–H and O–H groups in total. The highest BCUT2D eigenvalue weighted by atomic mass is 32.1. The molecule has 0 aliphatic rings. The van der Waals surface area contributed by atoms with Crippen molar-refractivity contribution >= 4 is 11.3 Å². The zero-order valence-electron chi connectivity index (χ0n) is 7.88. The predicted octanol–water partition coefficient (Wildman–Crippen LogP) is 2.59. The minimum Gasteiger partial charge on any atom is -0.485 e. The second-order valence-corrected chi connectivity index (χ2v) is 3.80. The van der Waals surface area contributed by atoms with Gasteiger partial charge in [-0.15, -0.1) is 11.3 Å². The van der Waals surface area contributed by atoms with Crippen molar-refractivity contribution in [2.75, 3.05) is 0 Å². The van der Waals surface area contributed by atoms with E-state index < -0.39 is 0 Å². The first-order chi connectivity index (χ1) is 7.40. The lowest BCUT2D eigenvalue weighted by Gasteiger charge is -2.04. The zero-order valence-corrected chi connectivity index (χ0v) is 8.70. The molecule has 74 valence electrons. The van der Waals surface area contributed by atoms with E-state index in [1.807, 2.05) is 17.5 Å². The lowest BCUT2D eigenvalue weighted by Crippen LogP contribution is -1.96. The summed E-state index contributed by atoms with van der Waals surface area (Å²) in [6.45, 7) is 0.413. The number of para-hydroxylation sites is 1. The summed E-state index contributed by atoms with van der Waals surface area (Å²) in [6, 6.07) is 9.26. The Morgan fingerprint density at radius 3 is 3.00 bits per heavy atom. The molecular formula is C11H8N2OS. The Balaban J connectivity index is 2.08. The smallest absolute Gasteiger partial charge is 0.140 e. The molecule has 0 spiro atoms. The third-order valence-corrected chi connectivity index (χ3v) is 2.60. The molecule has 0 unspecified atom stereocenters. The first-order valence-corrected chi connectivity index (χ1v) is 5.28. The van der Waals surface area contributed by atoms with Crippen LogP contribution in [0, 0.1) is 11.3 Å². The number of thiazole rings is 1. The van der Waals surface area contributed by atoms with Crippen molar-refractivity contribution in [1.82, 2.24) is 4.98 Å². The SMILES string of the molecule is N#Cc1ccccc1OCc1nccs1. The molecule has 0 radical (unpaired) electrons. The van der Waals surface area contributed by atoms with Gasteiger partial charge in [-0.3, -0.25) is 0 Å². The molecule has 0 bridgehead atoms. The second-order valence-electron chi connectivity index (χ2n) is 2.82. The molecular weight excluding hydrogens is 208 g/mol. The number of hydrogen-bond donors (Lipinski definition) is 0. The number of nitrogens with zero attached hydrogens (tertiary/aromatic N) is 2. The van der Waals surface area contributed by atoms with Gasteiger partial charge in [-0.05, 0) is 12.1 Å². The van der Waals surface area contributed by atoms with Crippen LogP contribution in [0.3, 0.4) is 0 Å². The van der Waals surface area contributed by atoms with Gasteiger partial charge in [-0.25, -0.2) is 4.98 Å². The summed E-state index contributed by atoms with van der Waals surface area (Å²) >= 11 is 1.54. The average molecular weight is 216 g/mol. The Hall–Kier alpha value is -1.86. The molecule has 15 heavy (non-hydrogen) atoms. The maximum atomic E-state index is 8.83. The molecule has 0 amide bonds. The van der Waals surface area contributed by atoms with E-state index in [-0.39, 0.29) is 0 Å². The van der Waals surface area contributed by atoms with Gasteiger partial charge < -0.3 is 4.74 Å². The third-order valence-electron chi connectivity index (χ3n) is 1.84. The molecule has 0 saturated carbocycles. The van der Waals surface area contributed by atoms with Gasteiger partial charge in [0.2, 0.25) is 0 Å². The van der Waals surface area contributed by atoms with Crippen LogP contribution in [0.4, 0.5) is 0 Å². The maximum Gasteiger partial charge on any atom is 0.140 e. The number of ether oxygens (including phenoxy) is 1. The summed E-state index contributed by atoms with van der Waals surface area (Å²) in [4.78, 5) is 4.10. The quantitative estimate of drug-likeness (QED) is 0.792. The number of rotatable bonds is 3. The molecule has 2 aromatic rings. The first-order valence-electron chi connectivity index (χ1n) is 4.40. The number of benzene rings is 1. The van der Waals surface area contributed by atoms with Crippen molar-refractivity contribution in [3.8, 4) is 11.8 Å².